The van der Waals surface area contributed by atoms with Crippen LogP contribution in [0.5, 0.6) is 0 Å². The summed E-state index contributed by atoms with van der Waals surface area (Å²) in [6.45, 7) is 5.79. The standard InChI is InChI=1S/C22H27N3O2/c1-16(2)18-10-8-17(9-11-18)14-25-20-7-5-4-6-19(20)24-21(25)12-13-23-22(26)15-27-3/h4-11,16H,12-15H2,1-3H3,(H,23,26). The molecule has 1 amide bonds. The number of ether oxygens (including phenoxy) is 1. The van der Waals surface area contributed by atoms with E-state index in [2.05, 4.69) is 54.1 Å². The molecule has 0 aliphatic carbocycles. The van der Waals surface area contributed by atoms with Crippen LogP contribution < -0.4 is 5.32 Å². The van der Waals surface area contributed by atoms with Gasteiger partial charge in [-0.1, -0.05) is 50.2 Å². The van der Waals surface area contributed by atoms with Crippen molar-refractivity contribution < 1.29 is 9.53 Å². The summed E-state index contributed by atoms with van der Waals surface area (Å²) in [6, 6.07) is 16.9. The maximum Gasteiger partial charge on any atom is 0.245 e. The quantitative estimate of drug-likeness (QED) is 0.665. The third-order valence-electron chi connectivity index (χ3n) is 4.67. The fourth-order valence-corrected chi connectivity index (χ4v) is 3.18. The molecule has 0 aliphatic rings. The Kier molecular flexibility index (Phi) is 6.24. The van der Waals surface area contributed by atoms with E-state index in [4.69, 9.17) is 9.72 Å². The fourth-order valence-electron chi connectivity index (χ4n) is 3.18. The van der Waals surface area contributed by atoms with E-state index >= 15 is 0 Å². The van der Waals surface area contributed by atoms with Crippen molar-refractivity contribution in [3.63, 3.8) is 0 Å². The number of methoxy groups -OCH3 is 1. The summed E-state index contributed by atoms with van der Waals surface area (Å²) in [7, 11) is 1.52. The SMILES string of the molecule is COCC(=O)NCCc1nc2ccccc2n1Cc1ccc(C(C)C)cc1. The third kappa shape index (κ3) is 4.74. The molecule has 5 heteroatoms. The third-order valence-corrected chi connectivity index (χ3v) is 4.67. The Morgan fingerprint density at radius 1 is 1.15 bits per heavy atom. The summed E-state index contributed by atoms with van der Waals surface area (Å²) in [4.78, 5) is 16.4. The summed E-state index contributed by atoms with van der Waals surface area (Å²) in [6.07, 6.45) is 0.675. The molecule has 0 unspecified atom stereocenters. The first-order valence-corrected chi connectivity index (χ1v) is 9.37. The van der Waals surface area contributed by atoms with E-state index in [0.29, 0.717) is 18.9 Å². The number of hydrogen-bond donors (Lipinski definition) is 1. The number of benzene rings is 2. The summed E-state index contributed by atoms with van der Waals surface area (Å²) >= 11 is 0. The fraction of sp³-hybridized carbons (Fsp3) is 0.364. The van der Waals surface area contributed by atoms with E-state index in [9.17, 15) is 4.79 Å². The van der Waals surface area contributed by atoms with Crippen molar-refractivity contribution in [1.82, 2.24) is 14.9 Å². The van der Waals surface area contributed by atoms with Crippen LogP contribution in [0.25, 0.3) is 11.0 Å². The molecule has 5 nitrogen and oxygen atoms in total. The minimum absolute atomic E-state index is 0.0820. The number of hydrogen-bond acceptors (Lipinski definition) is 3. The molecule has 1 aromatic heterocycles. The molecule has 1 heterocycles. The lowest BCUT2D eigenvalue weighted by atomic mass is 10.0. The first-order valence-electron chi connectivity index (χ1n) is 9.37. The van der Waals surface area contributed by atoms with Crippen LogP contribution in [0.3, 0.4) is 0 Å². The predicted molar refractivity (Wildman–Crippen MR) is 108 cm³/mol. The molecule has 0 atom stereocenters. The van der Waals surface area contributed by atoms with E-state index in [1.54, 1.807) is 0 Å². The highest BCUT2D eigenvalue weighted by Crippen LogP contribution is 2.20. The van der Waals surface area contributed by atoms with Gasteiger partial charge in [0, 0.05) is 26.6 Å². The molecular weight excluding hydrogens is 338 g/mol. The van der Waals surface area contributed by atoms with Crippen LogP contribution in [0, 0.1) is 0 Å². The summed E-state index contributed by atoms with van der Waals surface area (Å²) < 4.78 is 7.09. The number of nitrogens with one attached hydrogen (secondary N) is 1. The number of imidazole rings is 1. The Bertz CT molecular complexity index is 898. The number of nitrogens with zero attached hydrogens (tertiary/aromatic N) is 2. The lowest BCUT2D eigenvalue weighted by Gasteiger charge is -2.12. The van der Waals surface area contributed by atoms with E-state index in [1.807, 2.05) is 18.2 Å². The Morgan fingerprint density at radius 2 is 1.89 bits per heavy atom. The molecule has 0 fully saturated rings. The summed E-state index contributed by atoms with van der Waals surface area (Å²) in [5.41, 5.74) is 4.68. The van der Waals surface area contributed by atoms with Crippen LogP contribution in [0.15, 0.2) is 48.5 Å². The van der Waals surface area contributed by atoms with Crippen LogP contribution in [-0.4, -0.2) is 35.7 Å². The van der Waals surface area contributed by atoms with Gasteiger partial charge < -0.3 is 14.6 Å². The lowest BCUT2D eigenvalue weighted by molar-refractivity contribution is -0.124. The normalized spacial score (nSPS) is 11.3. The molecular formula is C22H27N3O2. The van der Waals surface area contributed by atoms with Gasteiger partial charge >= 0.3 is 0 Å². The van der Waals surface area contributed by atoms with E-state index < -0.39 is 0 Å². The van der Waals surface area contributed by atoms with Gasteiger partial charge in [-0.25, -0.2) is 4.98 Å². The maximum absolute atomic E-state index is 11.6. The van der Waals surface area contributed by atoms with Crippen molar-refractivity contribution in [2.75, 3.05) is 20.3 Å². The topological polar surface area (TPSA) is 56.1 Å². The average Bonchev–Trinajstić information content (AvgIpc) is 3.00. The number of aromatic nitrogens is 2. The minimum atomic E-state index is -0.107. The number of fused-ring (bicyclic) bond motifs is 1. The molecule has 3 aromatic rings. The number of amides is 1. The lowest BCUT2D eigenvalue weighted by Crippen LogP contribution is -2.29. The van der Waals surface area contributed by atoms with Gasteiger partial charge in [0.15, 0.2) is 0 Å². The van der Waals surface area contributed by atoms with Crippen molar-refractivity contribution >= 4 is 16.9 Å². The second kappa shape index (κ2) is 8.82. The second-order valence-electron chi connectivity index (χ2n) is 7.03. The van der Waals surface area contributed by atoms with Crippen LogP contribution in [0.1, 0.15) is 36.7 Å². The number of rotatable bonds is 8. The molecule has 2 aromatic carbocycles. The monoisotopic (exact) mass is 365 g/mol. The Balaban J connectivity index is 1.80. The van der Waals surface area contributed by atoms with Crippen molar-refractivity contribution in [3.05, 3.63) is 65.5 Å². The molecule has 142 valence electrons. The largest absolute Gasteiger partial charge is 0.375 e. The zero-order valence-electron chi connectivity index (χ0n) is 16.2. The molecule has 0 saturated heterocycles. The second-order valence-corrected chi connectivity index (χ2v) is 7.03. The number of carbonyl (C=O) groups excluding carboxylic acids is 1. The van der Waals surface area contributed by atoms with E-state index in [1.165, 1.54) is 18.2 Å². The van der Waals surface area contributed by atoms with Gasteiger partial charge in [-0.15, -0.1) is 0 Å². The molecule has 1 N–H and O–H groups in total. The van der Waals surface area contributed by atoms with Gasteiger partial charge in [0.1, 0.15) is 12.4 Å². The van der Waals surface area contributed by atoms with E-state index in [0.717, 1.165) is 23.4 Å². The molecule has 0 aliphatic heterocycles. The summed E-state index contributed by atoms with van der Waals surface area (Å²) in [5.74, 6) is 1.39. The van der Waals surface area contributed by atoms with Crippen molar-refractivity contribution in [1.29, 1.82) is 0 Å². The smallest absolute Gasteiger partial charge is 0.245 e. The molecule has 3 rings (SSSR count). The highest BCUT2D eigenvalue weighted by Gasteiger charge is 2.11. The van der Waals surface area contributed by atoms with Crippen molar-refractivity contribution in [3.8, 4) is 0 Å². The molecule has 0 spiro atoms. The zero-order chi connectivity index (χ0) is 19.2. The maximum atomic E-state index is 11.6. The molecule has 0 bridgehead atoms. The van der Waals surface area contributed by atoms with Gasteiger partial charge in [-0.2, -0.15) is 0 Å². The van der Waals surface area contributed by atoms with Crippen molar-refractivity contribution in [2.24, 2.45) is 0 Å². The molecule has 27 heavy (non-hydrogen) atoms. The van der Waals surface area contributed by atoms with Crippen LogP contribution in [-0.2, 0) is 22.5 Å². The highest BCUT2D eigenvalue weighted by atomic mass is 16.5. The van der Waals surface area contributed by atoms with Crippen LogP contribution in [0.4, 0.5) is 0 Å². The van der Waals surface area contributed by atoms with Crippen LogP contribution >= 0.6 is 0 Å². The summed E-state index contributed by atoms with van der Waals surface area (Å²) in [5, 5.41) is 2.87. The Morgan fingerprint density at radius 3 is 2.59 bits per heavy atom. The van der Waals surface area contributed by atoms with Gasteiger partial charge in [-0.05, 0) is 29.2 Å². The Hall–Kier alpha value is -2.66. The first kappa shape index (κ1) is 19.1. The molecule has 0 saturated carbocycles. The molecule has 0 radical (unpaired) electrons. The minimum Gasteiger partial charge on any atom is -0.375 e. The van der Waals surface area contributed by atoms with Crippen molar-refractivity contribution in [2.45, 2.75) is 32.7 Å². The van der Waals surface area contributed by atoms with Gasteiger partial charge in [0.05, 0.1) is 11.0 Å². The van der Waals surface area contributed by atoms with Crippen LogP contribution in [0.2, 0.25) is 0 Å². The van der Waals surface area contributed by atoms with Gasteiger partial charge in [-0.3, -0.25) is 4.79 Å². The zero-order valence-corrected chi connectivity index (χ0v) is 16.2. The van der Waals surface area contributed by atoms with Gasteiger partial charge in [0.25, 0.3) is 0 Å². The number of carbonyl (C=O) groups is 1. The average molecular weight is 365 g/mol. The first-order chi connectivity index (χ1) is 13.1. The van der Waals surface area contributed by atoms with Gasteiger partial charge in [0.2, 0.25) is 5.91 Å². The predicted octanol–water partition coefficient (Wildman–Crippen LogP) is 3.51. The van der Waals surface area contributed by atoms with E-state index in [-0.39, 0.29) is 12.5 Å². The number of para-hydroxylation sites is 2. The highest BCUT2D eigenvalue weighted by molar-refractivity contribution is 5.77. The Labute approximate surface area is 160 Å².